The number of benzene rings is 1. The van der Waals surface area contributed by atoms with E-state index >= 15 is 0 Å². The molecule has 1 fully saturated rings. The molecule has 0 amide bonds. The lowest BCUT2D eigenvalue weighted by molar-refractivity contribution is -0.181. The molecule has 0 atom stereocenters. The highest BCUT2D eigenvalue weighted by atomic mass is 16.7. The molecule has 1 saturated heterocycles. The van der Waals surface area contributed by atoms with Crippen LogP contribution in [-0.2, 0) is 9.47 Å². The Labute approximate surface area is 103 Å². The molecule has 92 valence electrons. The third-order valence-corrected chi connectivity index (χ3v) is 2.82. The maximum absolute atomic E-state index is 5.50. The zero-order valence-electron chi connectivity index (χ0n) is 10.2. The maximum atomic E-state index is 5.50. The van der Waals surface area contributed by atoms with Crippen LogP contribution >= 0.6 is 0 Å². The Morgan fingerprint density at radius 1 is 1.12 bits per heavy atom. The van der Waals surface area contributed by atoms with Gasteiger partial charge in [-0.2, -0.15) is 0 Å². The highest BCUT2D eigenvalue weighted by molar-refractivity contribution is 5.48. The van der Waals surface area contributed by atoms with Crippen molar-refractivity contribution in [2.75, 3.05) is 13.2 Å². The van der Waals surface area contributed by atoms with Gasteiger partial charge in [0.2, 0.25) is 0 Å². The zero-order chi connectivity index (χ0) is 11.8. The monoisotopic (exact) mass is 232 g/mol. The highest BCUT2D eigenvalue weighted by Gasteiger charge is 2.12. The molecule has 0 spiro atoms. The van der Waals surface area contributed by atoms with Crippen molar-refractivity contribution in [1.82, 2.24) is 0 Å². The molecule has 0 bridgehead atoms. The molecule has 1 heterocycles. The van der Waals surface area contributed by atoms with Crippen molar-refractivity contribution in [3.05, 3.63) is 42.0 Å². The first-order valence-corrected chi connectivity index (χ1v) is 6.40. The molecule has 2 heteroatoms. The van der Waals surface area contributed by atoms with Crippen LogP contribution in [-0.4, -0.2) is 19.5 Å². The molecule has 0 saturated carbocycles. The SMILES string of the molecule is C(=C\c1ccccc1)/CCCC1OCCCO1. The predicted molar refractivity (Wildman–Crippen MR) is 69.6 cm³/mol. The minimum absolute atomic E-state index is 0.0360. The number of hydrogen-bond donors (Lipinski definition) is 0. The smallest absolute Gasteiger partial charge is 0.157 e. The Hall–Kier alpha value is -1.12. The second-order valence-corrected chi connectivity index (χ2v) is 4.27. The summed E-state index contributed by atoms with van der Waals surface area (Å²) < 4.78 is 11.0. The van der Waals surface area contributed by atoms with Crippen LogP contribution in [0, 0.1) is 0 Å². The quantitative estimate of drug-likeness (QED) is 0.722. The van der Waals surface area contributed by atoms with Crippen LogP contribution in [0.15, 0.2) is 36.4 Å². The summed E-state index contributed by atoms with van der Waals surface area (Å²) in [5, 5.41) is 0. The van der Waals surface area contributed by atoms with Gasteiger partial charge in [0.05, 0.1) is 13.2 Å². The average molecular weight is 232 g/mol. The van der Waals surface area contributed by atoms with Crippen molar-refractivity contribution in [2.45, 2.75) is 32.0 Å². The number of rotatable bonds is 5. The molecule has 0 aromatic heterocycles. The van der Waals surface area contributed by atoms with Crippen LogP contribution in [0.2, 0.25) is 0 Å². The maximum Gasteiger partial charge on any atom is 0.157 e. The fourth-order valence-corrected chi connectivity index (χ4v) is 1.89. The summed E-state index contributed by atoms with van der Waals surface area (Å²) in [5.74, 6) is 0. The van der Waals surface area contributed by atoms with Gasteiger partial charge in [0.25, 0.3) is 0 Å². The van der Waals surface area contributed by atoms with Gasteiger partial charge in [-0.25, -0.2) is 0 Å². The van der Waals surface area contributed by atoms with Gasteiger partial charge in [-0.3, -0.25) is 0 Å². The van der Waals surface area contributed by atoms with Crippen molar-refractivity contribution in [3.63, 3.8) is 0 Å². The summed E-state index contributed by atoms with van der Waals surface area (Å²) in [5.41, 5.74) is 1.26. The number of hydrogen-bond acceptors (Lipinski definition) is 2. The first-order valence-electron chi connectivity index (χ1n) is 6.40. The van der Waals surface area contributed by atoms with E-state index in [0.29, 0.717) is 0 Å². The summed E-state index contributed by atoms with van der Waals surface area (Å²) >= 11 is 0. The van der Waals surface area contributed by atoms with E-state index in [1.807, 2.05) is 6.07 Å². The number of allylic oxidation sites excluding steroid dienone is 1. The first kappa shape index (κ1) is 12.3. The van der Waals surface area contributed by atoms with E-state index in [2.05, 4.69) is 36.4 Å². The fraction of sp³-hybridized carbons (Fsp3) is 0.467. The van der Waals surface area contributed by atoms with Gasteiger partial charge >= 0.3 is 0 Å². The van der Waals surface area contributed by atoms with Crippen LogP contribution in [0.4, 0.5) is 0 Å². The van der Waals surface area contributed by atoms with Gasteiger partial charge in [0.15, 0.2) is 6.29 Å². The summed E-state index contributed by atoms with van der Waals surface area (Å²) in [7, 11) is 0. The van der Waals surface area contributed by atoms with Crippen LogP contribution < -0.4 is 0 Å². The Morgan fingerprint density at radius 3 is 2.65 bits per heavy atom. The third kappa shape index (κ3) is 4.72. The van der Waals surface area contributed by atoms with Gasteiger partial charge in [0, 0.05) is 0 Å². The van der Waals surface area contributed by atoms with E-state index in [-0.39, 0.29) is 6.29 Å². The molecule has 0 aliphatic carbocycles. The summed E-state index contributed by atoms with van der Waals surface area (Å²) in [4.78, 5) is 0. The van der Waals surface area contributed by atoms with Crippen molar-refractivity contribution >= 4 is 6.08 Å². The lowest BCUT2D eigenvalue weighted by atomic mass is 10.1. The zero-order valence-corrected chi connectivity index (χ0v) is 10.2. The van der Waals surface area contributed by atoms with Crippen molar-refractivity contribution in [2.24, 2.45) is 0 Å². The Morgan fingerprint density at radius 2 is 1.88 bits per heavy atom. The number of unbranched alkanes of at least 4 members (excludes halogenated alkanes) is 1. The Bertz CT molecular complexity index is 326. The van der Waals surface area contributed by atoms with Crippen LogP contribution in [0.5, 0.6) is 0 Å². The van der Waals surface area contributed by atoms with Gasteiger partial charge < -0.3 is 9.47 Å². The van der Waals surface area contributed by atoms with E-state index in [1.165, 1.54) is 5.56 Å². The molecule has 1 aromatic rings. The van der Waals surface area contributed by atoms with Crippen molar-refractivity contribution < 1.29 is 9.47 Å². The predicted octanol–water partition coefficient (Wildman–Crippen LogP) is 3.63. The summed E-state index contributed by atoms with van der Waals surface area (Å²) in [6, 6.07) is 10.4. The minimum Gasteiger partial charge on any atom is -0.353 e. The fourth-order valence-electron chi connectivity index (χ4n) is 1.89. The van der Waals surface area contributed by atoms with Gasteiger partial charge in [-0.05, 0) is 31.2 Å². The third-order valence-electron chi connectivity index (χ3n) is 2.82. The molecule has 1 aliphatic heterocycles. The van der Waals surface area contributed by atoms with E-state index in [0.717, 1.165) is 38.9 Å². The van der Waals surface area contributed by atoms with Crippen LogP contribution in [0.1, 0.15) is 31.2 Å². The standard InChI is InChI=1S/C15H20O2/c1-3-8-14(9-4-1)10-5-2-6-11-15-16-12-7-13-17-15/h1,3-5,8-10,15H,2,6-7,11-13H2/b10-5+. The van der Waals surface area contributed by atoms with Gasteiger partial charge in [-0.1, -0.05) is 42.5 Å². The summed E-state index contributed by atoms with van der Waals surface area (Å²) in [6.07, 6.45) is 8.66. The van der Waals surface area contributed by atoms with Crippen molar-refractivity contribution in [1.29, 1.82) is 0 Å². The van der Waals surface area contributed by atoms with Crippen LogP contribution in [0.3, 0.4) is 0 Å². The molecule has 17 heavy (non-hydrogen) atoms. The van der Waals surface area contributed by atoms with Gasteiger partial charge in [0.1, 0.15) is 0 Å². The molecular weight excluding hydrogens is 212 g/mol. The van der Waals surface area contributed by atoms with E-state index < -0.39 is 0 Å². The average Bonchev–Trinajstić information content (AvgIpc) is 2.41. The van der Waals surface area contributed by atoms with E-state index in [4.69, 9.17) is 9.47 Å². The topological polar surface area (TPSA) is 18.5 Å². The highest BCUT2D eigenvalue weighted by Crippen LogP contribution is 2.12. The molecule has 1 aromatic carbocycles. The molecular formula is C15H20O2. The molecule has 0 N–H and O–H groups in total. The lowest BCUT2D eigenvalue weighted by Crippen LogP contribution is -2.24. The first-order chi connectivity index (χ1) is 8.45. The normalized spacial score (nSPS) is 17.6. The largest absolute Gasteiger partial charge is 0.353 e. The second-order valence-electron chi connectivity index (χ2n) is 4.27. The number of ether oxygens (including phenoxy) is 2. The Kier molecular flexibility index (Phi) is 5.27. The minimum atomic E-state index is 0.0360. The van der Waals surface area contributed by atoms with Crippen LogP contribution in [0.25, 0.3) is 6.08 Å². The van der Waals surface area contributed by atoms with E-state index in [1.54, 1.807) is 0 Å². The Balaban J connectivity index is 1.61. The molecule has 0 radical (unpaired) electrons. The molecule has 1 aliphatic rings. The van der Waals surface area contributed by atoms with E-state index in [9.17, 15) is 0 Å². The van der Waals surface area contributed by atoms with Crippen molar-refractivity contribution in [3.8, 4) is 0 Å². The lowest BCUT2D eigenvalue weighted by Gasteiger charge is -2.22. The summed E-state index contributed by atoms with van der Waals surface area (Å²) in [6.45, 7) is 1.70. The van der Waals surface area contributed by atoms with Gasteiger partial charge in [-0.15, -0.1) is 0 Å². The molecule has 2 nitrogen and oxygen atoms in total. The second kappa shape index (κ2) is 7.25. The molecule has 2 rings (SSSR count). The molecule has 0 unspecified atom stereocenters.